The molecule has 0 saturated heterocycles. The number of rotatable bonds is 3. The zero-order valence-corrected chi connectivity index (χ0v) is 9.53. The third kappa shape index (κ3) is 3.01. The third-order valence-corrected chi connectivity index (χ3v) is 2.31. The van der Waals surface area contributed by atoms with Gasteiger partial charge in [-0.05, 0) is 12.1 Å². The highest BCUT2D eigenvalue weighted by Gasteiger charge is 2.39. The lowest BCUT2D eigenvalue weighted by atomic mass is 10.0. The number of benzene rings is 1. The van der Waals surface area contributed by atoms with Gasteiger partial charge < -0.3 is 10.8 Å². The molecular formula is C9H10Cl2F3NO. The molecule has 16 heavy (non-hydrogen) atoms. The second-order valence-corrected chi connectivity index (χ2v) is 3.44. The van der Waals surface area contributed by atoms with Gasteiger partial charge in [0.05, 0.1) is 0 Å². The van der Waals surface area contributed by atoms with E-state index in [4.69, 9.17) is 22.4 Å². The molecule has 0 heterocycles. The van der Waals surface area contributed by atoms with Gasteiger partial charge in [-0.3, -0.25) is 0 Å². The van der Waals surface area contributed by atoms with E-state index in [1.54, 1.807) is 0 Å². The lowest BCUT2D eigenvalue weighted by molar-refractivity contribution is -0.0718. The van der Waals surface area contributed by atoms with E-state index in [9.17, 15) is 13.2 Å². The van der Waals surface area contributed by atoms with Crippen LogP contribution in [-0.4, -0.2) is 17.6 Å². The molecule has 1 aromatic carbocycles. The molecule has 0 spiro atoms. The lowest BCUT2D eigenvalue weighted by Crippen LogP contribution is -2.37. The topological polar surface area (TPSA) is 46.2 Å². The maximum Gasteiger partial charge on any atom is 0.289 e. The predicted octanol–water partition coefficient (Wildman–Crippen LogP) is 2.53. The van der Waals surface area contributed by atoms with E-state index in [2.05, 4.69) is 0 Å². The summed E-state index contributed by atoms with van der Waals surface area (Å²) in [4.78, 5) is 0. The van der Waals surface area contributed by atoms with Crippen molar-refractivity contribution in [1.29, 1.82) is 0 Å². The van der Waals surface area contributed by atoms with Crippen LogP contribution in [0.4, 0.5) is 13.2 Å². The quantitative estimate of drug-likeness (QED) is 0.891. The van der Waals surface area contributed by atoms with Crippen LogP contribution in [-0.2, 0) is 0 Å². The van der Waals surface area contributed by atoms with Crippen LogP contribution >= 0.6 is 24.0 Å². The van der Waals surface area contributed by atoms with Gasteiger partial charge in [0.1, 0.15) is 18.5 Å². The number of hydrogen-bond acceptors (Lipinski definition) is 2. The van der Waals surface area contributed by atoms with E-state index in [1.165, 1.54) is 12.1 Å². The number of aliphatic hydroxyl groups excluding tert-OH is 1. The Hall–Kier alpha value is -0.490. The Morgan fingerprint density at radius 1 is 1.44 bits per heavy atom. The summed E-state index contributed by atoms with van der Waals surface area (Å²) in [6, 6.07) is 1.56. The first-order chi connectivity index (χ1) is 6.90. The van der Waals surface area contributed by atoms with Crippen LogP contribution in [0.1, 0.15) is 11.6 Å². The van der Waals surface area contributed by atoms with Crippen molar-refractivity contribution < 1.29 is 18.3 Å². The molecule has 0 aromatic heterocycles. The molecule has 0 aliphatic rings. The minimum Gasteiger partial charge on any atom is -0.390 e. The van der Waals surface area contributed by atoms with Crippen molar-refractivity contribution in [2.24, 2.45) is 5.73 Å². The molecule has 0 bridgehead atoms. The summed E-state index contributed by atoms with van der Waals surface area (Å²) < 4.78 is 39.2. The van der Waals surface area contributed by atoms with Gasteiger partial charge in [0.25, 0.3) is 5.92 Å². The molecule has 2 nitrogen and oxygen atoms in total. The van der Waals surface area contributed by atoms with E-state index in [1.807, 2.05) is 0 Å². The van der Waals surface area contributed by atoms with Crippen molar-refractivity contribution in [3.8, 4) is 0 Å². The molecule has 0 aliphatic carbocycles. The van der Waals surface area contributed by atoms with E-state index in [-0.39, 0.29) is 17.4 Å². The molecular weight excluding hydrogens is 266 g/mol. The molecule has 92 valence electrons. The summed E-state index contributed by atoms with van der Waals surface area (Å²) in [5, 5.41) is 8.23. The van der Waals surface area contributed by atoms with Crippen LogP contribution in [0.2, 0.25) is 5.02 Å². The van der Waals surface area contributed by atoms with E-state index in [0.29, 0.717) is 0 Å². The minimum absolute atomic E-state index is 0. The molecule has 0 fully saturated rings. The van der Waals surface area contributed by atoms with Gasteiger partial charge in [0.2, 0.25) is 0 Å². The number of aliphatic hydroxyl groups is 1. The fourth-order valence-electron chi connectivity index (χ4n) is 1.12. The fraction of sp³-hybridized carbons (Fsp3) is 0.333. The van der Waals surface area contributed by atoms with Crippen molar-refractivity contribution in [2.75, 3.05) is 6.61 Å². The summed E-state index contributed by atoms with van der Waals surface area (Å²) >= 11 is 5.55. The van der Waals surface area contributed by atoms with E-state index >= 15 is 0 Å². The van der Waals surface area contributed by atoms with Crippen molar-refractivity contribution in [3.63, 3.8) is 0 Å². The van der Waals surface area contributed by atoms with Gasteiger partial charge in [-0.1, -0.05) is 17.7 Å². The normalized spacial score (nSPS) is 13.1. The highest BCUT2D eigenvalue weighted by atomic mass is 35.5. The Bertz CT molecular complexity index is 342. The van der Waals surface area contributed by atoms with Crippen molar-refractivity contribution in [2.45, 2.75) is 12.0 Å². The number of nitrogens with two attached hydrogens (primary N) is 1. The maximum absolute atomic E-state index is 13.2. The predicted molar refractivity (Wildman–Crippen MR) is 57.6 cm³/mol. The molecule has 0 saturated carbocycles. The maximum atomic E-state index is 13.2. The average molecular weight is 276 g/mol. The first kappa shape index (κ1) is 15.5. The first-order valence-corrected chi connectivity index (χ1v) is 4.46. The molecule has 0 radical (unpaired) electrons. The molecule has 0 unspecified atom stereocenters. The third-order valence-electron chi connectivity index (χ3n) is 1.98. The monoisotopic (exact) mass is 275 g/mol. The molecule has 0 aliphatic heterocycles. The smallest absolute Gasteiger partial charge is 0.289 e. The second-order valence-electron chi connectivity index (χ2n) is 3.03. The van der Waals surface area contributed by atoms with Crippen LogP contribution in [0.25, 0.3) is 0 Å². The van der Waals surface area contributed by atoms with Gasteiger partial charge in [-0.15, -0.1) is 12.4 Å². The van der Waals surface area contributed by atoms with Crippen molar-refractivity contribution in [1.82, 2.24) is 0 Å². The van der Waals surface area contributed by atoms with Crippen LogP contribution < -0.4 is 5.73 Å². The Morgan fingerprint density at radius 2 is 2.00 bits per heavy atom. The Kier molecular flexibility index (Phi) is 5.55. The largest absolute Gasteiger partial charge is 0.390 e. The minimum atomic E-state index is -3.61. The van der Waals surface area contributed by atoms with Gasteiger partial charge in [-0.2, -0.15) is 0 Å². The number of halogens is 5. The summed E-state index contributed by atoms with van der Waals surface area (Å²) in [5.41, 5.74) is 4.66. The molecule has 0 amide bonds. The summed E-state index contributed by atoms with van der Waals surface area (Å²) in [6.07, 6.45) is 0. The Labute approximate surface area is 102 Å². The molecule has 7 heteroatoms. The Morgan fingerprint density at radius 3 is 2.44 bits per heavy atom. The van der Waals surface area contributed by atoms with E-state index < -0.39 is 30.0 Å². The number of hydrogen-bond donors (Lipinski definition) is 2. The van der Waals surface area contributed by atoms with E-state index in [0.717, 1.165) is 6.07 Å². The highest BCUT2D eigenvalue weighted by Crippen LogP contribution is 2.34. The van der Waals surface area contributed by atoms with Crippen LogP contribution in [0.15, 0.2) is 18.2 Å². The second kappa shape index (κ2) is 5.72. The summed E-state index contributed by atoms with van der Waals surface area (Å²) in [7, 11) is 0. The standard InChI is InChI=1S/C9H9ClF3NO.ClH/c10-5-2-1-3-6(11)7(5)8(14)9(12,13)4-15;/h1-3,8,15H,4,14H2;1H/t8-;/m1./s1. The zero-order valence-electron chi connectivity index (χ0n) is 7.96. The first-order valence-electron chi connectivity index (χ1n) is 4.08. The Balaban J connectivity index is 0.00000225. The van der Waals surface area contributed by atoms with Gasteiger partial charge in [-0.25, -0.2) is 13.2 Å². The summed E-state index contributed by atoms with van der Waals surface area (Å²) in [6.45, 7) is -1.46. The van der Waals surface area contributed by atoms with Crippen molar-refractivity contribution in [3.05, 3.63) is 34.6 Å². The zero-order chi connectivity index (χ0) is 11.6. The van der Waals surface area contributed by atoms with Crippen LogP contribution in [0.3, 0.4) is 0 Å². The molecule has 1 aromatic rings. The molecule has 3 N–H and O–H groups in total. The van der Waals surface area contributed by atoms with Crippen molar-refractivity contribution >= 4 is 24.0 Å². The average Bonchev–Trinajstić information content (AvgIpc) is 2.17. The van der Waals surface area contributed by atoms with Gasteiger partial charge >= 0.3 is 0 Å². The highest BCUT2D eigenvalue weighted by molar-refractivity contribution is 6.31. The van der Waals surface area contributed by atoms with Gasteiger partial charge in [0, 0.05) is 10.6 Å². The van der Waals surface area contributed by atoms with Crippen LogP contribution in [0, 0.1) is 5.82 Å². The fourth-order valence-corrected chi connectivity index (χ4v) is 1.40. The van der Waals surface area contributed by atoms with Crippen LogP contribution in [0.5, 0.6) is 0 Å². The SMILES string of the molecule is Cl.N[C@H](c1c(F)cccc1Cl)C(F)(F)CO. The molecule has 1 rings (SSSR count). The number of alkyl halides is 2. The lowest BCUT2D eigenvalue weighted by Gasteiger charge is -2.22. The molecule has 1 atom stereocenters. The summed E-state index contributed by atoms with van der Waals surface area (Å²) in [5.74, 6) is -4.52. The van der Waals surface area contributed by atoms with Gasteiger partial charge in [0.15, 0.2) is 0 Å².